The van der Waals surface area contributed by atoms with Gasteiger partial charge in [0, 0.05) is 10.0 Å². The Kier molecular flexibility index (Phi) is 3.54. The van der Waals surface area contributed by atoms with E-state index in [0.29, 0.717) is 5.56 Å². The first kappa shape index (κ1) is 13.3. The Morgan fingerprint density at radius 1 is 1.25 bits per heavy atom. The number of hydrogen-bond acceptors (Lipinski definition) is 4. The molecule has 5 heteroatoms. The zero-order valence-corrected chi connectivity index (χ0v) is 13.0. The molecule has 3 rings (SSSR count). The monoisotopic (exact) mass is 347 g/mol. The fraction of sp³-hybridized carbons (Fsp3) is 0.0667. The van der Waals surface area contributed by atoms with Crippen LogP contribution in [0.25, 0.3) is 21.3 Å². The van der Waals surface area contributed by atoms with E-state index < -0.39 is 0 Å². The summed E-state index contributed by atoms with van der Waals surface area (Å²) in [7, 11) is 1.39. The van der Waals surface area contributed by atoms with Crippen LogP contribution in [0.4, 0.5) is 0 Å². The number of methoxy groups -OCH3 is 1. The molecule has 1 aromatic heterocycles. The summed E-state index contributed by atoms with van der Waals surface area (Å²) in [6, 6.07) is 11.5. The molecular weight excluding hydrogens is 338 g/mol. The van der Waals surface area contributed by atoms with Crippen LogP contribution >= 0.6 is 27.3 Å². The van der Waals surface area contributed by atoms with Gasteiger partial charge in [0.2, 0.25) is 0 Å². The van der Waals surface area contributed by atoms with E-state index in [1.165, 1.54) is 7.11 Å². The zero-order chi connectivity index (χ0) is 14.1. The van der Waals surface area contributed by atoms with Crippen molar-refractivity contribution in [3.63, 3.8) is 0 Å². The van der Waals surface area contributed by atoms with E-state index in [1.54, 1.807) is 17.4 Å². The van der Waals surface area contributed by atoms with Gasteiger partial charge < -0.3 is 4.74 Å². The molecule has 0 bridgehead atoms. The molecule has 0 saturated carbocycles. The third kappa shape index (κ3) is 2.23. The van der Waals surface area contributed by atoms with Gasteiger partial charge in [0.25, 0.3) is 0 Å². The SMILES string of the molecule is COC(=O)c1cc(Br)ccc1-c1cccc2ncsc12. The number of carbonyl (C=O) groups is 1. The van der Waals surface area contributed by atoms with Crippen LogP contribution < -0.4 is 0 Å². The lowest BCUT2D eigenvalue weighted by Crippen LogP contribution is -2.03. The molecule has 0 amide bonds. The van der Waals surface area contributed by atoms with Crippen molar-refractivity contribution in [2.75, 3.05) is 7.11 Å². The van der Waals surface area contributed by atoms with Gasteiger partial charge in [-0.15, -0.1) is 11.3 Å². The van der Waals surface area contributed by atoms with Crippen LogP contribution in [0.5, 0.6) is 0 Å². The topological polar surface area (TPSA) is 39.2 Å². The van der Waals surface area contributed by atoms with Gasteiger partial charge in [0.15, 0.2) is 0 Å². The van der Waals surface area contributed by atoms with E-state index in [-0.39, 0.29) is 5.97 Å². The quantitative estimate of drug-likeness (QED) is 0.640. The van der Waals surface area contributed by atoms with Crippen molar-refractivity contribution in [1.82, 2.24) is 4.98 Å². The maximum atomic E-state index is 12.0. The third-order valence-electron chi connectivity index (χ3n) is 3.03. The van der Waals surface area contributed by atoms with Crippen LogP contribution in [0.3, 0.4) is 0 Å². The highest BCUT2D eigenvalue weighted by Gasteiger charge is 2.16. The van der Waals surface area contributed by atoms with E-state index in [4.69, 9.17) is 4.74 Å². The summed E-state index contributed by atoms with van der Waals surface area (Å²) in [6.45, 7) is 0. The van der Waals surface area contributed by atoms with Crippen molar-refractivity contribution in [2.45, 2.75) is 0 Å². The number of halogens is 1. The predicted octanol–water partition coefficient (Wildman–Crippen LogP) is 4.51. The highest BCUT2D eigenvalue weighted by atomic mass is 79.9. The second-order valence-corrected chi connectivity index (χ2v) is 5.96. The molecule has 0 spiro atoms. The first-order chi connectivity index (χ1) is 9.70. The minimum atomic E-state index is -0.345. The first-order valence-electron chi connectivity index (χ1n) is 5.91. The average molecular weight is 348 g/mol. The largest absolute Gasteiger partial charge is 0.465 e. The number of nitrogens with zero attached hydrogens (tertiary/aromatic N) is 1. The molecule has 0 aliphatic heterocycles. The maximum Gasteiger partial charge on any atom is 0.338 e. The van der Waals surface area contributed by atoms with E-state index in [9.17, 15) is 4.79 Å². The van der Waals surface area contributed by atoms with Crippen molar-refractivity contribution in [3.8, 4) is 11.1 Å². The Morgan fingerprint density at radius 3 is 2.90 bits per heavy atom. The number of benzene rings is 2. The lowest BCUT2D eigenvalue weighted by Gasteiger charge is -2.09. The number of carbonyl (C=O) groups excluding carboxylic acids is 1. The van der Waals surface area contributed by atoms with Crippen LogP contribution in [0.1, 0.15) is 10.4 Å². The number of esters is 1. The van der Waals surface area contributed by atoms with Crippen molar-refractivity contribution in [2.24, 2.45) is 0 Å². The minimum absolute atomic E-state index is 0.345. The molecule has 100 valence electrons. The van der Waals surface area contributed by atoms with Gasteiger partial charge in [-0.3, -0.25) is 0 Å². The van der Waals surface area contributed by atoms with E-state index in [0.717, 1.165) is 25.8 Å². The van der Waals surface area contributed by atoms with Gasteiger partial charge >= 0.3 is 5.97 Å². The summed E-state index contributed by atoms with van der Waals surface area (Å²) in [5.41, 5.74) is 5.15. The molecule has 3 nitrogen and oxygen atoms in total. The normalized spacial score (nSPS) is 10.7. The van der Waals surface area contributed by atoms with Crippen LogP contribution in [0.2, 0.25) is 0 Å². The predicted molar refractivity (Wildman–Crippen MR) is 84.1 cm³/mol. The molecule has 0 unspecified atom stereocenters. The second-order valence-electron chi connectivity index (χ2n) is 4.19. The Hall–Kier alpha value is -1.72. The first-order valence-corrected chi connectivity index (χ1v) is 7.58. The second kappa shape index (κ2) is 5.34. The highest BCUT2D eigenvalue weighted by molar-refractivity contribution is 9.10. The molecule has 0 fully saturated rings. The minimum Gasteiger partial charge on any atom is -0.465 e. The molecule has 0 N–H and O–H groups in total. The molecule has 20 heavy (non-hydrogen) atoms. The molecule has 1 heterocycles. The average Bonchev–Trinajstić information content (AvgIpc) is 2.95. The number of aromatic nitrogens is 1. The van der Waals surface area contributed by atoms with Crippen LogP contribution in [0, 0.1) is 0 Å². The van der Waals surface area contributed by atoms with Crippen molar-refractivity contribution < 1.29 is 9.53 Å². The van der Waals surface area contributed by atoms with Gasteiger partial charge in [-0.1, -0.05) is 34.1 Å². The number of ether oxygens (including phenoxy) is 1. The number of rotatable bonds is 2. The van der Waals surface area contributed by atoms with Crippen molar-refractivity contribution >= 4 is 43.5 Å². The summed E-state index contributed by atoms with van der Waals surface area (Å²) >= 11 is 4.96. The van der Waals surface area contributed by atoms with Gasteiger partial charge in [-0.2, -0.15) is 0 Å². The molecular formula is C15H10BrNO2S. The lowest BCUT2D eigenvalue weighted by atomic mass is 9.99. The number of hydrogen-bond donors (Lipinski definition) is 0. The Bertz CT molecular complexity index is 797. The summed E-state index contributed by atoms with van der Waals surface area (Å²) in [5, 5.41) is 0. The molecule has 0 atom stereocenters. The van der Waals surface area contributed by atoms with Gasteiger partial charge in [0.1, 0.15) is 0 Å². The van der Waals surface area contributed by atoms with Gasteiger partial charge in [-0.25, -0.2) is 9.78 Å². The van der Waals surface area contributed by atoms with Crippen molar-refractivity contribution in [1.29, 1.82) is 0 Å². The molecule has 0 aliphatic carbocycles. The standard InChI is InChI=1S/C15H10BrNO2S/c1-19-15(18)12-7-9(16)5-6-10(12)11-3-2-4-13-14(11)20-8-17-13/h2-8H,1H3. The molecule has 0 aliphatic rings. The fourth-order valence-electron chi connectivity index (χ4n) is 2.13. The van der Waals surface area contributed by atoms with Crippen molar-refractivity contribution in [3.05, 3.63) is 51.9 Å². The number of fused-ring (bicyclic) bond motifs is 1. The summed E-state index contributed by atoms with van der Waals surface area (Å²) < 4.78 is 6.79. The summed E-state index contributed by atoms with van der Waals surface area (Å²) in [6.07, 6.45) is 0. The summed E-state index contributed by atoms with van der Waals surface area (Å²) in [4.78, 5) is 16.3. The Balaban J connectivity index is 2.29. The highest BCUT2D eigenvalue weighted by Crippen LogP contribution is 2.34. The van der Waals surface area contributed by atoms with Crippen LogP contribution in [0.15, 0.2) is 46.4 Å². The Labute approximate surface area is 128 Å². The number of thiazole rings is 1. The van der Waals surface area contributed by atoms with E-state index >= 15 is 0 Å². The van der Waals surface area contributed by atoms with E-state index in [1.807, 2.05) is 35.8 Å². The molecule has 0 saturated heterocycles. The van der Waals surface area contributed by atoms with Crippen LogP contribution in [-0.2, 0) is 4.74 Å². The van der Waals surface area contributed by atoms with Gasteiger partial charge in [0.05, 0.1) is 28.4 Å². The van der Waals surface area contributed by atoms with E-state index in [2.05, 4.69) is 20.9 Å². The fourth-order valence-corrected chi connectivity index (χ4v) is 3.31. The molecule has 2 aromatic carbocycles. The Morgan fingerprint density at radius 2 is 2.10 bits per heavy atom. The van der Waals surface area contributed by atoms with Crippen LogP contribution in [-0.4, -0.2) is 18.1 Å². The zero-order valence-electron chi connectivity index (χ0n) is 10.6. The maximum absolute atomic E-state index is 12.0. The lowest BCUT2D eigenvalue weighted by molar-refractivity contribution is 0.0601. The smallest absolute Gasteiger partial charge is 0.338 e. The third-order valence-corrected chi connectivity index (χ3v) is 4.40. The molecule has 0 radical (unpaired) electrons. The van der Waals surface area contributed by atoms with Gasteiger partial charge in [-0.05, 0) is 23.8 Å². The summed E-state index contributed by atoms with van der Waals surface area (Å²) in [5.74, 6) is -0.345. The molecule has 3 aromatic rings.